The zero-order chi connectivity index (χ0) is 24.6. The molecule has 2 aromatic heterocycles. The maximum Gasteiger partial charge on any atom is 0.410 e. The molecule has 5 rings (SSSR count). The average molecular weight is 503 g/mol. The summed E-state index contributed by atoms with van der Waals surface area (Å²) in [6, 6.07) is 8.25. The van der Waals surface area contributed by atoms with Gasteiger partial charge in [-0.2, -0.15) is 0 Å². The Morgan fingerprint density at radius 2 is 2.00 bits per heavy atom. The van der Waals surface area contributed by atoms with E-state index in [1.54, 1.807) is 16.6 Å². The summed E-state index contributed by atoms with van der Waals surface area (Å²) in [5.74, 6) is -0.158. The number of hydrogen-bond acceptors (Lipinski definition) is 6. The number of ether oxygens (including phenoxy) is 2. The number of halogens is 1. The summed E-state index contributed by atoms with van der Waals surface area (Å²) in [6.07, 6.45) is 4.58. The highest BCUT2D eigenvalue weighted by Crippen LogP contribution is 2.34. The smallest absolute Gasteiger partial charge is 0.410 e. The number of H-pyrrole nitrogens is 1. The molecule has 0 atom stereocenters. The van der Waals surface area contributed by atoms with Crippen molar-refractivity contribution in [2.45, 2.75) is 30.6 Å². The standard InChI is InChI=1S/C24H27FN4O5S/c1-33-22-5-4-16(11-21(22)25)15-34-24(30)28-13-18(14-28)35(31,32)29-9-6-17(7-10-29)20-12-27-23-19(20)3-2-8-26-23/h2-5,8,11-12,17-18H,6-7,9-10,13-15H2,1H3,(H,26,27). The fraction of sp³-hybridized carbons (Fsp3) is 0.417. The van der Waals surface area contributed by atoms with E-state index in [-0.39, 0.29) is 31.4 Å². The molecule has 186 valence electrons. The number of carbonyl (C=O) groups excluding carboxylic acids is 1. The number of aromatic amines is 1. The molecule has 0 radical (unpaired) electrons. The quantitative estimate of drug-likeness (QED) is 0.555. The number of likely N-dealkylation sites (tertiary alicyclic amines) is 1. The van der Waals surface area contributed by atoms with Gasteiger partial charge in [0, 0.05) is 44.0 Å². The number of carbonyl (C=O) groups is 1. The van der Waals surface area contributed by atoms with Crippen molar-refractivity contribution in [3.8, 4) is 5.75 Å². The van der Waals surface area contributed by atoms with Gasteiger partial charge < -0.3 is 19.4 Å². The molecular weight excluding hydrogens is 475 g/mol. The van der Waals surface area contributed by atoms with Gasteiger partial charge in [0.15, 0.2) is 11.6 Å². The molecule has 4 heterocycles. The van der Waals surface area contributed by atoms with Gasteiger partial charge in [0.05, 0.1) is 7.11 Å². The monoisotopic (exact) mass is 502 g/mol. The van der Waals surface area contributed by atoms with E-state index in [2.05, 4.69) is 9.97 Å². The van der Waals surface area contributed by atoms with Gasteiger partial charge in [0.25, 0.3) is 0 Å². The normalized spacial score (nSPS) is 17.9. The minimum absolute atomic E-state index is 0.0895. The summed E-state index contributed by atoms with van der Waals surface area (Å²) in [5.41, 5.74) is 2.51. The predicted octanol–water partition coefficient (Wildman–Crippen LogP) is 3.24. The number of nitrogens with one attached hydrogen (secondary N) is 1. The van der Waals surface area contributed by atoms with Crippen LogP contribution in [0.1, 0.15) is 29.9 Å². The molecule has 2 saturated heterocycles. The van der Waals surface area contributed by atoms with E-state index in [9.17, 15) is 17.6 Å². The molecule has 2 aliphatic heterocycles. The Labute approximate surface area is 202 Å². The first-order valence-electron chi connectivity index (χ1n) is 11.5. The molecule has 9 nitrogen and oxygen atoms in total. The van der Waals surface area contributed by atoms with Crippen LogP contribution in [0.2, 0.25) is 0 Å². The summed E-state index contributed by atoms with van der Waals surface area (Å²) in [4.78, 5) is 21.2. The minimum Gasteiger partial charge on any atom is -0.494 e. The lowest BCUT2D eigenvalue weighted by molar-refractivity contribution is 0.0757. The molecule has 1 aromatic carbocycles. The van der Waals surface area contributed by atoms with Crippen molar-refractivity contribution < 1.29 is 27.1 Å². The molecule has 3 aromatic rings. The van der Waals surface area contributed by atoms with Gasteiger partial charge >= 0.3 is 6.09 Å². The fourth-order valence-electron chi connectivity index (χ4n) is 4.76. The van der Waals surface area contributed by atoms with Crippen LogP contribution in [0.15, 0.2) is 42.7 Å². The molecular formula is C24H27FN4O5S. The van der Waals surface area contributed by atoms with Crippen LogP contribution in [0, 0.1) is 5.82 Å². The predicted molar refractivity (Wildman–Crippen MR) is 127 cm³/mol. The van der Waals surface area contributed by atoms with Gasteiger partial charge in [-0.25, -0.2) is 26.9 Å². The second-order valence-electron chi connectivity index (χ2n) is 8.91. The lowest BCUT2D eigenvalue weighted by Crippen LogP contribution is -2.60. The lowest BCUT2D eigenvalue weighted by atomic mass is 9.90. The van der Waals surface area contributed by atoms with Crippen molar-refractivity contribution in [1.82, 2.24) is 19.2 Å². The number of fused-ring (bicyclic) bond motifs is 1. The van der Waals surface area contributed by atoms with Gasteiger partial charge in [-0.1, -0.05) is 6.07 Å². The topological polar surface area (TPSA) is 105 Å². The highest BCUT2D eigenvalue weighted by atomic mass is 32.2. The number of benzene rings is 1. The van der Waals surface area contributed by atoms with Crippen LogP contribution in [0.4, 0.5) is 9.18 Å². The number of hydrogen-bond donors (Lipinski definition) is 1. The largest absolute Gasteiger partial charge is 0.494 e. The van der Waals surface area contributed by atoms with Crippen molar-refractivity contribution in [1.29, 1.82) is 0 Å². The third kappa shape index (κ3) is 4.57. The third-order valence-electron chi connectivity index (χ3n) is 6.84. The molecule has 0 aliphatic carbocycles. The zero-order valence-electron chi connectivity index (χ0n) is 19.3. The van der Waals surface area contributed by atoms with E-state index in [0.717, 1.165) is 23.9 Å². The van der Waals surface area contributed by atoms with Crippen molar-refractivity contribution in [3.63, 3.8) is 0 Å². The molecule has 35 heavy (non-hydrogen) atoms. The Kier molecular flexibility index (Phi) is 6.37. The number of sulfonamides is 1. The maximum atomic E-state index is 13.8. The maximum absolute atomic E-state index is 13.8. The molecule has 0 unspecified atom stereocenters. The van der Waals surface area contributed by atoms with Crippen molar-refractivity contribution in [2.24, 2.45) is 0 Å². The molecule has 1 amide bonds. The van der Waals surface area contributed by atoms with E-state index in [1.807, 2.05) is 18.3 Å². The lowest BCUT2D eigenvalue weighted by Gasteiger charge is -2.41. The number of rotatable bonds is 6. The third-order valence-corrected chi connectivity index (χ3v) is 9.07. The Bertz CT molecular complexity index is 1330. The number of pyridine rings is 1. The van der Waals surface area contributed by atoms with Gasteiger partial charge in [0.1, 0.15) is 17.5 Å². The summed E-state index contributed by atoms with van der Waals surface area (Å²) >= 11 is 0. The molecule has 0 saturated carbocycles. The van der Waals surface area contributed by atoms with Gasteiger partial charge in [-0.15, -0.1) is 0 Å². The summed E-state index contributed by atoms with van der Waals surface area (Å²) in [7, 11) is -2.14. The van der Waals surface area contributed by atoms with E-state index in [1.165, 1.54) is 29.7 Å². The highest BCUT2D eigenvalue weighted by Gasteiger charge is 2.44. The first-order chi connectivity index (χ1) is 16.9. The van der Waals surface area contributed by atoms with Gasteiger partial charge in [0.2, 0.25) is 10.0 Å². The molecule has 2 fully saturated rings. The van der Waals surface area contributed by atoms with Gasteiger partial charge in [-0.05, 0) is 54.2 Å². The fourth-order valence-corrected chi connectivity index (χ4v) is 6.64. The molecule has 11 heteroatoms. The summed E-state index contributed by atoms with van der Waals surface area (Å²) < 4.78 is 51.6. The number of aromatic nitrogens is 2. The van der Waals surface area contributed by atoms with Crippen LogP contribution < -0.4 is 4.74 Å². The first-order valence-corrected chi connectivity index (χ1v) is 13.0. The van der Waals surface area contributed by atoms with E-state index < -0.39 is 27.2 Å². The van der Waals surface area contributed by atoms with Crippen LogP contribution in [0.25, 0.3) is 11.0 Å². The average Bonchev–Trinajstić information content (AvgIpc) is 3.26. The molecule has 2 aliphatic rings. The molecule has 1 N–H and O–H groups in total. The Morgan fingerprint density at radius 1 is 1.23 bits per heavy atom. The number of methoxy groups -OCH3 is 1. The minimum atomic E-state index is -3.51. The van der Waals surface area contributed by atoms with Crippen molar-refractivity contribution in [2.75, 3.05) is 33.3 Å². The van der Waals surface area contributed by atoms with E-state index >= 15 is 0 Å². The van der Waals surface area contributed by atoms with E-state index in [4.69, 9.17) is 9.47 Å². The molecule has 0 spiro atoms. The number of amides is 1. The number of nitrogens with zero attached hydrogens (tertiary/aromatic N) is 3. The van der Waals surface area contributed by atoms with Crippen molar-refractivity contribution in [3.05, 3.63) is 59.7 Å². The Morgan fingerprint density at radius 3 is 2.71 bits per heavy atom. The zero-order valence-corrected chi connectivity index (χ0v) is 20.1. The summed E-state index contributed by atoms with van der Waals surface area (Å²) in [5, 5.41) is 0.446. The van der Waals surface area contributed by atoms with Crippen LogP contribution in [0.5, 0.6) is 5.75 Å². The second-order valence-corrected chi connectivity index (χ2v) is 11.1. The Balaban J connectivity index is 1.11. The molecule has 0 bridgehead atoms. The van der Waals surface area contributed by atoms with Crippen LogP contribution in [-0.2, 0) is 21.4 Å². The second kappa shape index (κ2) is 9.46. The van der Waals surface area contributed by atoms with Crippen LogP contribution in [-0.4, -0.2) is 72.2 Å². The van der Waals surface area contributed by atoms with Crippen LogP contribution in [0.3, 0.4) is 0 Å². The van der Waals surface area contributed by atoms with Gasteiger partial charge in [-0.3, -0.25) is 0 Å². The number of piperidine rings is 1. The van der Waals surface area contributed by atoms with E-state index in [0.29, 0.717) is 18.7 Å². The SMILES string of the molecule is COc1ccc(COC(=O)N2CC(S(=O)(=O)N3CCC(c4c[nH]c5ncccc45)CC3)C2)cc1F. The van der Waals surface area contributed by atoms with Crippen LogP contribution >= 0.6 is 0 Å². The first kappa shape index (κ1) is 23.6. The highest BCUT2D eigenvalue weighted by molar-refractivity contribution is 7.89. The Hall–Kier alpha value is -3.18. The summed E-state index contributed by atoms with van der Waals surface area (Å²) in [6.45, 7) is 0.969. The van der Waals surface area contributed by atoms with Crippen molar-refractivity contribution >= 4 is 27.1 Å².